The highest BCUT2D eigenvalue weighted by molar-refractivity contribution is 7.99. The molecule has 1 aliphatic rings. The smallest absolute Gasteiger partial charge is 0.260 e. The second-order valence-corrected chi connectivity index (χ2v) is 5.05. The van der Waals surface area contributed by atoms with E-state index in [0.29, 0.717) is 21.5 Å². The Balaban J connectivity index is 2.44. The van der Waals surface area contributed by atoms with Gasteiger partial charge in [0.2, 0.25) is 0 Å². The van der Waals surface area contributed by atoms with Gasteiger partial charge in [-0.1, -0.05) is 17.8 Å². The summed E-state index contributed by atoms with van der Waals surface area (Å²) < 4.78 is 11.4. The molecule has 0 amide bonds. The maximum atomic E-state index is 11.5. The van der Waals surface area contributed by atoms with Crippen LogP contribution in [0.1, 0.15) is 5.56 Å². The Bertz CT molecular complexity index is 519. The van der Waals surface area contributed by atoms with E-state index in [1.54, 1.807) is 12.2 Å². The van der Waals surface area contributed by atoms with Gasteiger partial charge in [0.1, 0.15) is 5.03 Å². The fourth-order valence-corrected chi connectivity index (χ4v) is 2.74. The summed E-state index contributed by atoms with van der Waals surface area (Å²) in [5.41, 5.74) is 0.157. The maximum Gasteiger partial charge on any atom is 0.260 e. The highest BCUT2D eigenvalue weighted by Gasteiger charge is 2.18. The molecule has 15 heavy (non-hydrogen) atoms. The first-order chi connectivity index (χ1) is 7.22. The van der Waals surface area contributed by atoms with Gasteiger partial charge in [-0.2, -0.15) is 0 Å². The molecule has 0 spiro atoms. The van der Waals surface area contributed by atoms with Gasteiger partial charge in [0.05, 0.1) is 16.4 Å². The number of thioether (sulfide) groups is 1. The number of fused-ring (bicyclic) bond motifs is 1. The first-order valence-electron chi connectivity index (χ1n) is 4.19. The summed E-state index contributed by atoms with van der Waals surface area (Å²) in [5, 5.41) is 2.30. The molecule has 0 radical (unpaired) electrons. The van der Waals surface area contributed by atoms with Gasteiger partial charge in [0.25, 0.3) is 5.56 Å². The van der Waals surface area contributed by atoms with Crippen molar-refractivity contribution in [2.75, 3.05) is 5.75 Å². The van der Waals surface area contributed by atoms with Crippen LogP contribution in [0.25, 0.3) is 6.08 Å². The van der Waals surface area contributed by atoms with E-state index in [2.05, 4.69) is 16.5 Å². The lowest BCUT2D eigenvalue weighted by Crippen LogP contribution is -2.13. The largest absolute Gasteiger partial charge is 0.301 e. The van der Waals surface area contributed by atoms with Crippen LogP contribution >= 0.6 is 11.8 Å². The van der Waals surface area contributed by atoms with Gasteiger partial charge in [0, 0.05) is 11.2 Å². The van der Waals surface area contributed by atoms with Gasteiger partial charge in [-0.15, -0.1) is 6.58 Å². The van der Waals surface area contributed by atoms with Crippen molar-refractivity contribution in [3.05, 3.63) is 34.0 Å². The van der Waals surface area contributed by atoms with E-state index in [9.17, 15) is 9.00 Å². The SMILES string of the molecule is C=CCSc1nc2c(c(=O)[nH]1)C=CS2=O. The fraction of sp³-hybridized carbons (Fsp3) is 0.111. The van der Waals surface area contributed by atoms with E-state index in [-0.39, 0.29) is 5.56 Å². The summed E-state index contributed by atoms with van der Waals surface area (Å²) in [6.45, 7) is 3.57. The first kappa shape index (κ1) is 10.4. The lowest BCUT2D eigenvalue weighted by atomic mass is 10.3. The summed E-state index contributed by atoms with van der Waals surface area (Å²) >= 11 is 1.36. The molecule has 0 fully saturated rings. The average molecular weight is 240 g/mol. The number of aromatic nitrogens is 2. The molecule has 0 saturated heterocycles. The highest BCUT2D eigenvalue weighted by Crippen LogP contribution is 2.20. The van der Waals surface area contributed by atoms with Gasteiger partial charge in [0.15, 0.2) is 5.16 Å². The van der Waals surface area contributed by atoms with Gasteiger partial charge >= 0.3 is 0 Å². The zero-order valence-corrected chi connectivity index (χ0v) is 9.36. The molecule has 1 aromatic rings. The molecule has 0 aliphatic carbocycles. The molecule has 4 nitrogen and oxygen atoms in total. The Morgan fingerprint density at radius 2 is 2.47 bits per heavy atom. The molecule has 1 unspecified atom stereocenters. The summed E-state index contributed by atoms with van der Waals surface area (Å²) in [4.78, 5) is 18.3. The predicted molar refractivity (Wildman–Crippen MR) is 61.2 cm³/mol. The third-order valence-electron chi connectivity index (χ3n) is 1.79. The lowest BCUT2D eigenvalue weighted by molar-refractivity contribution is 0.683. The number of rotatable bonds is 3. The normalized spacial score (nSPS) is 17.7. The second kappa shape index (κ2) is 4.16. The van der Waals surface area contributed by atoms with Crippen molar-refractivity contribution in [3.63, 3.8) is 0 Å². The lowest BCUT2D eigenvalue weighted by Gasteiger charge is -2.00. The average Bonchev–Trinajstić information content (AvgIpc) is 2.58. The van der Waals surface area contributed by atoms with E-state index in [0.717, 1.165) is 0 Å². The predicted octanol–water partition coefficient (Wildman–Crippen LogP) is 1.14. The highest BCUT2D eigenvalue weighted by atomic mass is 32.2. The van der Waals surface area contributed by atoms with Gasteiger partial charge in [-0.25, -0.2) is 9.19 Å². The van der Waals surface area contributed by atoms with Crippen LogP contribution in [-0.4, -0.2) is 19.9 Å². The first-order valence-corrected chi connectivity index (χ1v) is 6.39. The molecular formula is C9H8N2O2S2. The van der Waals surface area contributed by atoms with Crippen LogP contribution in [0.3, 0.4) is 0 Å². The standard InChI is InChI=1S/C9H8N2O2S2/c1-2-4-14-9-10-7(12)6-3-5-15(13)8(6)11-9/h2-3,5H,1,4H2,(H,10,11,12). The van der Waals surface area contributed by atoms with Crippen LogP contribution in [0.15, 0.2) is 33.0 Å². The zero-order valence-electron chi connectivity index (χ0n) is 7.73. The topological polar surface area (TPSA) is 62.8 Å². The minimum absolute atomic E-state index is 0.242. The van der Waals surface area contributed by atoms with Gasteiger partial charge in [-0.3, -0.25) is 4.79 Å². The number of H-pyrrole nitrogens is 1. The van der Waals surface area contributed by atoms with Crippen molar-refractivity contribution in [1.82, 2.24) is 9.97 Å². The van der Waals surface area contributed by atoms with Crippen LogP contribution in [0.5, 0.6) is 0 Å². The Morgan fingerprint density at radius 1 is 1.67 bits per heavy atom. The molecule has 78 valence electrons. The molecule has 1 N–H and O–H groups in total. The third kappa shape index (κ3) is 1.95. The second-order valence-electron chi connectivity index (χ2n) is 2.79. The Labute approximate surface area is 93.0 Å². The quantitative estimate of drug-likeness (QED) is 0.372. The number of aromatic amines is 1. The Hall–Kier alpha value is -1.14. The van der Waals surface area contributed by atoms with E-state index >= 15 is 0 Å². The molecule has 2 heterocycles. The van der Waals surface area contributed by atoms with Crippen LogP contribution in [0.4, 0.5) is 0 Å². The monoisotopic (exact) mass is 240 g/mol. The van der Waals surface area contributed by atoms with Gasteiger partial charge < -0.3 is 4.98 Å². The van der Waals surface area contributed by atoms with Crippen molar-refractivity contribution < 1.29 is 4.21 Å². The van der Waals surface area contributed by atoms with Crippen molar-refractivity contribution >= 4 is 28.6 Å². The van der Waals surface area contributed by atoms with Crippen LogP contribution < -0.4 is 5.56 Å². The molecule has 1 aliphatic heterocycles. The summed E-state index contributed by atoms with van der Waals surface area (Å²) in [7, 11) is -1.27. The van der Waals surface area contributed by atoms with E-state index < -0.39 is 10.8 Å². The van der Waals surface area contributed by atoms with Crippen molar-refractivity contribution in [3.8, 4) is 0 Å². The molecular weight excluding hydrogens is 232 g/mol. The van der Waals surface area contributed by atoms with E-state index in [1.165, 1.54) is 17.2 Å². The molecule has 1 atom stereocenters. The summed E-state index contributed by atoms with van der Waals surface area (Å²) in [6.07, 6.45) is 3.26. The van der Waals surface area contributed by atoms with Crippen molar-refractivity contribution in [2.45, 2.75) is 10.2 Å². The number of nitrogens with one attached hydrogen (secondary N) is 1. The van der Waals surface area contributed by atoms with Crippen LogP contribution in [0.2, 0.25) is 0 Å². The number of nitrogens with zero attached hydrogens (tertiary/aromatic N) is 1. The molecule has 2 rings (SSSR count). The molecule has 6 heteroatoms. The number of hydrogen-bond donors (Lipinski definition) is 1. The van der Waals surface area contributed by atoms with Crippen molar-refractivity contribution in [2.24, 2.45) is 0 Å². The van der Waals surface area contributed by atoms with Crippen molar-refractivity contribution in [1.29, 1.82) is 0 Å². The molecule has 0 saturated carbocycles. The minimum Gasteiger partial charge on any atom is -0.301 e. The number of hydrogen-bond acceptors (Lipinski definition) is 4. The summed E-state index contributed by atoms with van der Waals surface area (Å²) in [5.74, 6) is 0.655. The fourth-order valence-electron chi connectivity index (χ4n) is 1.14. The van der Waals surface area contributed by atoms with Crippen LogP contribution in [-0.2, 0) is 10.8 Å². The Morgan fingerprint density at radius 3 is 3.20 bits per heavy atom. The molecule has 0 aromatic carbocycles. The third-order valence-corrected chi connectivity index (χ3v) is 3.73. The zero-order chi connectivity index (χ0) is 10.8. The minimum atomic E-state index is -1.27. The van der Waals surface area contributed by atoms with Crippen LogP contribution in [0, 0.1) is 0 Å². The Kier molecular flexibility index (Phi) is 2.88. The van der Waals surface area contributed by atoms with Gasteiger partial charge in [-0.05, 0) is 6.08 Å². The van der Waals surface area contributed by atoms with E-state index in [4.69, 9.17) is 0 Å². The molecule has 1 aromatic heterocycles. The summed E-state index contributed by atoms with van der Waals surface area (Å²) in [6, 6.07) is 0. The van der Waals surface area contributed by atoms with E-state index in [1.807, 2.05) is 0 Å². The molecule has 0 bridgehead atoms. The maximum absolute atomic E-state index is 11.5.